The Morgan fingerprint density at radius 2 is 1.65 bits per heavy atom. The van der Waals surface area contributed by atoms with E-state index in [1.165, 1.54) is 18.2 Å². The van der Waals surface area contributed by atoms with Crippen LogP contribution < -0.4 is 15.4 Å². The van der Waals surface area contributed by atoms with Gasteiger partial charge < -0.3 is 10.6 Å². The molecule has 1 aromatic carbocycles. The Kier molecular flexibility index (Phi) is 6.07. The fourth-order valence-corrected chi connectivity index (χ4v) is 3.06. The number of anilines is 3. The molecule has 1 aromatic heterocycles. The smallest absolute Gasteiger partial charge is 0.296 e. The number of hydrogen-bond donors (Lipinski definition) is 4. The Labute approximate surface area is 151 Å². The highest BCUT2D eigenvalue weighted by molar-refractivity contribution is 7.88. The summed E-state index contributed by atoms with van der Waals surface area (Å²) in [4.78, 5) is 11.9. The number of hydrogen-bond acceptors (Lipinski definition) is 9. The molecule has 0 aliphatic carbocycles. The number of para-hydroxylation sites is 1. The average Bonchev–Trinajstić information content (AvgIpc) is 2.50. The number of nitrogens with one attached hydrogen (secondary N) is 3. The Hall–Kier alpha value is -2.35. The first-order valence-corrected chi connectivity index (χ1v) is 10.6. The topological polar surface area (TPSA) is 163 Å². The molecule has 1 heterocycles. The van der Waals surface area contributed by atoms with Gasteiger partial charge in [0.15, 0.2) is 0 Å². The third-order valence-electron chi connectivity index (χ3n) is 2.93. The van der Waals surface area contributed by atoms with Gasteiger partial charge in [0.05, 0.1) is 11.9 Å². The molecule has 0 amide bonds. The zero-order chi connectivity index (χ0) is 19.4. The summed E-state index contributed by atoms with van der Waals surface area (Å²) in [5.41, 5.74) is 0.102. The summed E-state index contributed by atoms with van der Waals surface area (Å²) < 4.78 is 56.5. The maximum Gasteiger partial charge on any atom is 0.296 e. The molecule has 4 N–H and O–H groups in total. The van der Waals surface area contributed by atoms with Crippen LogP contribution in [0.2, 0.25) is 0 Å². The highest BCUT2D eigenvalue weighted by Crippen LogP contribution is 2.23. The maximum absolute atomic E-state index is 11.4. The third kappa shape index (κ3) is 6.18. The number of rotatable bonds is 8. The zero-order valence-corrected chi connectivity index (χ0v) is 15.6. The second-order valence-corrected chi connectivity index (χ2v) is 8.44. The summed E-state index contributed by atoms with van der Waals surface area (Å²) in [6.45, 7) is 1.98. The number of aryl methyl sites for hydroxylation is 1. The molecule has 0 saturated heterocycles. The molecule has 13 heteroatoms. The van der Waals surface area contributed by atoms with Crippen LogP contribution in [0.3, 0.4) is 0 Å². The molecule has 0 spiro atoms. The lowest BCUT2D eigenvalue weighted by molar-refractivity contribution is 0.483. The number of sulfonamides is 1. The molecule has 142 valence electrons. The summed E-state index contributed by atoms with van der Waals surface area (Å²) in [6.07, 6.45) is 1.05. The van der Waals surface area contributed by atoms with E-state index < -0.39 is 20.1 Å². The predicted molar refractivity (Wildman–Crippen MR) is 95.4 cm³/mol. The zero-order valence-electron chi connectivity index (χ0n) is 14.0. The van der Waals surface area contributed by atoms with Gasteiger partial charge in [-0.15, -0.1) is 0 Å². The summed E-state index contributed by atoms with van der Waals surface area (Å²) in [5.74, 6) is 0.595. The van der Waals surface area contributed by atoms with Gasteiger partial charge in [0.2, 0.25) is 21.9 Å². The standard InChI is InChI=1S/C13H18N6O5S2/c1-9-16-12(14-7-8-15-25(2,20)21)19-13(17-9)18-10-5-3-4-6-11(10)26(22,23)24/h3-6,15H,7-8H2,1-2H3,(H,22,23,24)(H2,14,16,17,18,19). The van der Waals surface area contributed by atoms with Crippen LogP contribution in [0.4, 0.5) is 17.6 Å². The molecule has 0 radical (unpaired) electrons. The molecule has 0 saturated carbocycles. The van der Waals surface area contributed by atoms with Gasteiger partial charge in [-0.2, -0.15) is 23.4 Å². The van der Waals surface area contributed by atoms with E-state index in [1.54, 1.807) is 13.0 Å². The molecule has 26 heavy (non-hydrogen) atoms. The Morgan fingerprint density at radius 3 is 2.31 bits per heavy atom. The van der Waals surface area contributed by atoms with E-state index in [9.17, 15) is 21.4 Å². The lowest BCUT2D eigenvalue weighted by Crippen LogP contribution is -2.28. The molecule has 11 nitrogen and oxygen atoms in total. The van der Waals surface area contributed by atoms with Crippen LogP contribution in [0.1, 0.15) is 5.82 Å². The second kappa shape index (κ2) is 7.90. The first-order valence-electron chi connectivity index (χ1n) is 7.29. The van der Waals surface area contributed by atoms with Crippen molar-refractivity contribution in [3.8, 4) is 0 Å². The predicted octanol–water partition coefficient (Wildman–Crippen LogP) is 0.131. The number of benzene rings is 1. The minimum atomic E-state index is -4.42. The van der Waals surface area contributed by atoms with E-state index in [0.717, 1.165) is 6.26 Å². The van der Waals surface area contributed by atoms with Crippen molar-refractivity contribution < 1.29 is 21.4 Å². The molecule has 0 unspecified atom stereocenters. The lowest BCUT2D eigenvalue weighted by Gasteiger charge is -2.11. The van der Waals surface area contributed by atoms with Crippen molar-refractivity contribution >= 4 is 37.7 Å². The fourth-order valence-electron chi connectivity index (χ4n) is 1.94. The summed E-state index contributed by atoms with van der Waals surface area (Å²) >= 11 is 0. The summed E-state index contributed by atoms with van der Waals surface area (Å²) in [6, 6.07) is 5.74. The van der Waals surface area contributed by atoms with Crippen molar-refractivity contribution in [1.29, 1.82) is 0 Å². The molecule has 0 atom stereocenters. The quantitative estimate of drug-likeness (QED) is 0.352. The van der Waals surface area contributed by atoms with Crippen molar-refractivity contribution in [2.45, 2.75) is 11.8 Å². The first-order chi connectivity index (χ1) is 12.0. The SMILES string of the molecule is Cc1nc(NCCNS(C)(=O)=O)nc(Nc2ccccc2S(=O)(=O)O)n1. The van der Waals surface area contributed by atoms with Gasteiger partial charge in [-0.3, -0.25) is 4.55 Å². The van der Waals surface area contributed by atoms with Crippen molar-refractivity contribution in [3.05, 3.63) is 30.1 Å². The van der Waals surface area contributed by atoms with Crippen LogP contribution in [0.25, 0.3) is 0 Å². The van der Waals surface area contributed by atoms with Gasteiger partial charge in [0.1, 0.15) is 10.7 Å². The van der Waals surface area contributed by atoms with Crippen LogP contribution in [-0.4, -0.2) is 55.7 Å². The molecule has 0 aliphatic rings. The molecular formula is C13H18N6O5S2. The maximum atomic E-state index is 11.4. The van der Waals surface area contributed by atoms with Gasteiger partial charge in [0.25, 0.3) is 10.1 Å². The first kappa shape index (κ1) is 20.0. The Balaban J connectivity index is 2.16. The van der Waals surface area contributed by atoms with E-state index >= 15 is 0 Å². The van der Waals surface area contributed by atoms with E-state index in [-0.39, 0.29) is 35.6 Å². The van der Waals surface area contributed by atoms with Crippen LogP contribution >= 0.6 is 0 Å². The van der Waals surface area contributed by atoms with E-state index in [1.807, 2.05) is 0 Å². The number of aromatic nitrogens is 3. The summed E-state index contributed by atoms with van der Waals surface area (Å²) in [7, 11) is -7.71. The van der Waals surface area contributed by atoms with E-state index in [0.29, 0.717) is 5.82 Å². The van der Waals surface area contributed by atoms with E-state index in [4.69, 9.17) is 0 Å². The minimum absolute atomic E-state index is 0.0622. The van der Waals surface area contributed by atoms with Crippen molar-refractivity contribution in [2.75, 3.05) is 30.0 Å². The van der Waals surface area contributed by atoms with Crippen LogP contribution in [0.15, 0.2) is 29.2 Å². The molecule has 2 rings (SSSR count). The second-order valence-electron chi connectivity index (χ2n) is 5.22. The van der Waals surface area contributed by atoms with E-state index in [2.05, 4.69) is 30.3 Å². The molecule has 0 fully saturated rings. The highest BCUT2D eigenvalue weighted by atomic mass is 32.2. The van der Waals surface area contributed by atoms with Crippen molar-refractivity contribution in [3.63, 3.8) is 0 Å². The summed E-state index contributed by atoms with van der Waals surface area (Å²) in [5, 5.41) is 5.55. The number of nitrogens with zero attached hydrogens (tertiary/aromatic N) is 3. The third-order valence-corrected chi connectivity index (χ3v) is 4.57. The minimum Gasteiger partial charge on any atom is -0.353 e. The van der Waals surface area contributed by atoms with Crippen LogP contribution in [-0.2, 0) is 20.1 Å². The largest absolute Gasteiger partial charge is 0.353 e. The van der Waals surface area contributed by atoms with Gasteiger partial charge in [0, 0.05) is 13.1 Å². The molecule has 2 aromatic rings. The lowest BCUT2D eigenvalue weighted by atomic mass is 10.3. The highest BCUT2D eigenvalue weighted by Gasteiger charge is 2.16. The van der Waals surface area contributed by atoms with Crippen molar-refractivity contribution in [1.82, 2.24) is 19.7 Å². The fraction of sp³-hybridized carbons (Fsp3) is 0.308. The van der Waals surface area contributed by atoms with Gasteiger partial charge in [-0.05, 0) is 19.1 Å². The van der Waals surface area contributed by atoms with Crippen LogP contribution in [0.5, 0.6) is 0 Å². The normalized spacial score (nSPS) is 12.0. The molecular weight excluding hydrogens is 384 g/mol. The Bertz CT molecular complexity index is 994. The Morgan fingerprint density at radius 1 is 1.00 bits per heavy atom. The average molecular weight is 402 g/mol. The van der Waals surface area contributed by atoms with Gasteiger partial charge >= 0.3 is 0 Å². The van der Waals surface area contributed by atoms with Gasteiger partial charge in [-0.25, -0.2) is 13.1 Å². The van der Waals surface area contributed by atoms with Gasteiger partial charge in [-0.1, -0.05) is 12.1 Å². The van der Waals surface area contributed by atoms with Crippen molar-refractivity contribution in [2.24, 2.45) is 0 Å². The molecule has 0 aliphatic heterocycles. The molecule has 0 bridgehead atoms. The van der Waals surface area contributed by atoms with Crippen LogP contribution in [0, 0.1) is 6.92 Å². The monoisotopic (exact) mass is 402 g/mol.